The number of hydrogen-bond donors (Lipinski definition) is 2. The number of aromatic hydroxyl groups is 1. The molecule has 0 spiro atoms. The molecule has 27 heavy (non-hydrogen) atoms. The Kier molecular flexibility index (Phi) is 5.19. The summed E-state index contributed by atoms with van der Waals surface area (Å²) < 4.78 is 13.2. The van der Waals surface area contributed by atoms with Crippen molar-refractivity contribution < 1.29 is 14.3 Å². The number of nitrogens with one attached hydrogen (secondary N) is 1. The smallest absolute Gasteiger partial charge is 0.258 e. The van der Waals surface area contributed by atoms with Crippen LogP contribution in [-0.2, 0) is 0 Å². The Hall–Kier alpha value is -2.86. The zero-order valence-corrected chi connectivity index (χ0v) is 15.8. The fraction of sp³-hybridized carbons (Fsp3) is 0.200. The first-order valence-corrected chi connectivity index (χ1v) is 8.71. The normalized spacial score (nSPS) is 21.4. The molecule has 1 fully saturated rings. The maximum absolute atomic E-state index is 13.2. The Morgan fingerprint density at radius 2 is 2.15 bits per heavy atom. The summed E-state index contributed by atoms with van der Waals surface area (Å²) in [6.07, 6.45) is 3.47. The molecule has 0 radical (unpaired) electrons. The number of carbonyl (C=O) groups excluding carboxylic acids is 1. The Balaban J connectivity index is 1.97. The number of aliphatic imine (C=N–C) groups is 1. The molecule has 2 aliphatic heterocycles. The van der Waals surface area contributed by atoms with Gasteiger partial charge in [0.2, 0.25) is 0 Å². The van der Waals surface area contributed by atoms with Gasteiger partial charge in [0.1, 0.15) is 17.4 Å². The molecule has 3 rings (SSSR count). The summed E-state index contributed by atoms with van der Waals surface area (Å²) in [5.74, 6) is -0.748. The first-order valence-electron chi connectivity index (χ1n) is 8.33. The number of rotatable bonds is 2. The van der Waals surface area contributed by atoms with Gasteiger partial charge in [-0.05, 0) is 31.6 Å². The topological polar surface area (TPSA) is 64.9 Å². The van der Waals surface area contributed by atoms with Crippen molar-refractivity contribution in [3.05, 3.63) is 76.0 Å². The highest BCUT2D eigenvalue weighted by Crippen LogP contribution is 2.30. The monoisotopic (exact) mass is 387 g/mol. The maximum atomic E-state index is 13.2. The van der Waals surface area contributed by atoms with Crippen LogP contribution >= 0.6 is 11.6 Å². The van der Waals surface area contributed by atoms with Crippen molar-refractivity contribution in [2.45, 2.75) is 13.8 Å². The second-order valence-electron chi connectivity index (χ2n) is 6.34. The molecular formula is C20H19ClFN3O2. The number of carbonyl (C=O) groups is 1. The summed E-state index contributed by atoms with van der Waals surface area (Å²) in [5.41, 5.74) is 3.24. The van der Waals surface area contributed by atoms with Gasteiger partial charge in [-0.25, -0.2) is 9.38 Å². The van der Waals surface area contributed by atoms with E-state index in [-0.39, 0.29) is 17.2 Å². The van der Waals surface area contributed by atoms with Crippen LogP contribution in [0.3, 0.4) is 0 Å². The SMILES string of the molecule is C=C/C=C1\CN(C(=O)c2ccc(F)cc2O)C\C1=C1\N=C(C)C(Cl)=C(C)N1. The number of amides is 1. The molecular weight excluding hydrogens is 369 g/mol. The quantitative estimate of drug-likeness (QED) is 0.810. The second kappa shape index (κ2) is 7.40. The predicted octanol–water partition coefficient (Wildman–Crippen LogP) is 3.85. The molecule has 1 amide bonds. The van der Waals surface area contributed by atoms with Crippen LogP contribution in [0.25, 0.3) is 0 Å². The molecule has 0 unspecified atom stereocenters. The average Bonchev–Trinajstić information content (AvgIpc) is 3.03. The molecule has 0 saturated carbocycles. The van der Waals surface area contributed by atoms with Crippen molar-refractivity contribution in [3.63, 3.8) is 0 Å². The van der Waals surface area contributed by atoms with Gasteiger partial charge in [-0.2, -0.15) is 0 Å². The number of allylic oxidation sites excluding steroid dienone is 4. The summed E-state index contributed by atoms with van der Waals surface area (Å²) in [5, 5.41) is 13.7. The van der Waals surface area contributed by atoms with E-state index in [1.54, 1.807) is 11.0 Å². The Bertz CT molecular complexity index is 960. The van der Waals surface area contributed by atoms with Gasteiger partial charge in [-0.15, -0.1) is 0 Å². The van der Waals surface area contributed by atoms with Crippen LogP contribution in [0.1, 0.15) is 24.2 Å². The van der Waals surface area contributed by atoms with E-state index >= 15 is 0 Å². The highest BCUT2D eigenvalue weighted by molar-refractivity contribution is 6.43. The molecule has 1 aromatic rings. The van der Waals surface area contributed by atoms with Crippen molar-refractivity contribution in [2.24, 2.45) is 4.99 Å². The molecule has 2 aliphatic rings. The van der Waals surface area contributed by atoms with Gasteiger partial charge in [0.05, 0.1) is 22.9 Å². The van der Waals surface area contributed by atoms with Crippen molar-refractivity contribution in [3.8, 4) is 5.75 Å². The van der Waals surface area contributed by atoms with Crippen LogP contribution in [0.4, 0.5) is 4.39 Å². The summed E-state index contributed by atoms with van der Waals surface area (Å²) >= 11 is 6.19. The van der Waals surface area contributed by atoms with Crippen LogP contribution in [0, 0.1) is 5.82 Å². The zero-order chi connectivity index (χ0) is 19.7. The lowest BCUT2D eigenvalue weighted by atomic mass is 10.1. The van der Waals surface area contributed by atoms with Gasteiger partial charge in [0.25, 0.3) is 5.91 Å². The van der Waals surface area contributed by atoms with Crippen molar-refractivity contribution in [1.82, 2.24) is 10.2 Å². The van der Waals surface area contributed by atoms with Gasteiger partial charge < -0.3 is 15.3 Å². The third-order valence-corrected chi connectivity index (χ3v) is 4.97. The minimum Gasteiger partial charge on any atom is -0.507 e. The van der Waals surface area contributed by atoms with Crippen molar-refractivity contribution >= 4 is 23.2 Å². The van der Waals surface area contributed by atoms with E-state index in [2.05, 4.69) is 16.9 Å². The van der Waals surface area contributed by atoms with E-state index in [0.717, 1.165) is 29.0 Å². The van der Waals surface area contributed by atoms with Gasteiger partial charge in [0.15, 0.2) is 0 Å². The molecule has 140 valence electrons. The van der Waals surface area contributed by atoms with Crippen LogP contribution in [0.5, 0.6) is 5.75 Å². The van der Waals surface area contributed by atoms with Crippen molar-refractivity contribution in [1.29, 1.82) is 0 Å². The summed E-state index contributed by atoms with van der Waals surface area (Å²) in [6, 6.07) is 3.36. The van der Waals surface area contributed by atoms with Gasteiger partial charge in [0, 0.05) is 23.9 Å². The molecule has 0 bridgehead atoms. The van der Waals surface area contributed by atoms with E-state index in [1.165, 1.54) is 6.07 Å². The number of phenols is 1. The number of likely N-dealkylation sites (tertiary alicyclic amines) is 1. The molecule has 2 heterocycles. The first kappa shape index (κ1) is 18.9. The highest BCUT2D eigenvalue weighted by atomic mass is 35.5. The minimum absolute atomic E-state index is 0.0519. The van der Waals surface area contributed by atoms with Crippen LogP contribution in [-0.4, -0.2) is 34.7 Å². The van der Waals surface area contributed by atoms with E-state index in [0.29, 0.717) is 29.7 Å². The first-order chi connectivity index (χ1) is 12.8. The molecule has 0 aromatic heterocycles. The lowest BCUT2D eigenvalue weighted by molar-refractivity contribution is 0.0797. The fourth-order valence-corrected chi connectivity index (χ4v) is 3.15. The molecule has 5 nitrogen and oxygen atoms in total. The van der Waals surface area contributed by atoms with Crippen LogP contribution in [0.15, 0.2) is 69.6 Å². The number of nitrogens with zero attached hydrogens (tertiary/aromatic N) is 2. The predicted molar refractivity (Wildman–Crippen MR) is 104 cm³/mol. The number of halogens is 2. The standard InChI is InChI=1S/C20H19ClFN3O2/c1-4-5-13-9-25(20(27)15-7-6-14(22)8-17(15)26)10-16(13)19-23-11(2)18(21)12(3)24-19/h4-8,23,26H,1,9-10H2,2-3H3/b13-5+,19-16-. The number of hydrogen-bond acceptors (Lipinski definition) is 4. The van der Waals surface area contributed by atoms with E-state index in [4.69, 9.17) is 11.6 Å². The second-order valence-corrected chi connectivity index (χ2v) is 6.72. The average molecular weight is 388 g/mol. The summed E-state index contributed by atoms with van der Waals surface area (Å²) in [4.78, 5) is 18.9. The van der Waals surface area contributed by atoms with Gasteiger partial charge >= 0.3 is 0 Å². The van der Waals surface area contributed by atoms with E-state index < -0.39 is 5.82 Å². The zero-order valence-electron chi connectivity index (χ0n) is 15.0. The molecule has 2 N–H and O–H groups in total. The Morgan fingerprint density at radius 1 is 1.41 bits per heavy atom. The molecule has 1 aromatic carbocycles. The third kappa shape index (κ3) is 3.66. The number of phenolic OH excluding ortho intramolecular Hbond substituents is 1. The van der Waals surface area contributed by atoms with E-state index in [9.17, 15) is 14.3 Å². The molecule has 0 aliphatic carbocycles. The van der Waals surface area contributed by atoms with E-state index in [1.807, 2.05) is 19.9 Å². The Labute approximate surface area is 161 Å². The summed E-state index contributed by atoms with van der Waals surface area (Å²) in [7, 11) is 0. The minimum atomic E-state index is -0.601. The lowest BCUT2D eigenvalue weighted by Crippen LogP contribution is -2.28. The molecule has 7 heteroatoms. The summed E-state index contributed by atoms with van der Waals surface area (Å²) in [6.45, 7) is 8.02. The number of benzene rings is 1. The third-order valence-electron chi connectivity index (χ3n) is 4.41. The van der Waals surface area contributed by atoms with Crippen LogP contribution in [0.2, 0.25) is 0 Å². The molecule has 0 atom stereocenters. The molecule has 1 saturated heterocycles. The van der Waals surface area contributed by atoms with Crippen molar-refractivity contribution in [2.75, 3.05) is 13.1 Å². The Morgan fingerprint density at radius 3 is 2.78 bits per heavy atom. The van der Waals surface area contributed by atoms with Crippen LogP contribution < -0.4 is 5.32 Å². The highest BCUT2D eigenvalue weighted by Gasteiger charge is 2.31. The largest absolute Gasteiger partial charge is 0.507 e. The fourth-order valence-electron chi connectivity index (χ4n) is 3.06. The lowest BCUT2D eigenvalue weighted by Gasteiger charge is -2.19. The van der Waals surface area contributed by atoms with Gasteiger partial charge in [-0.3, -0.25) is 4.79 Å². The maximum Gasteiger partial charge on any atom is 0.258 e. The van der Waals surface area contributed by atoms with Gasteiger partial charge in [-0.1, -0.05) is 30.3 Å².